The largest absolute Gasteiger partial charge is 0.493 e. The average Bonchev–Trinajstić information content (AvgIpc) is 3.44. The maximum Gasteiger partial charge on any atom is 0.258 e. The van der Waals surface area contributed by atoms with Gasteiger partial charge in [0, 0.05) is 38.8 Å². The molecular weight excluding hydrogens is 478 g/mol. The van der Waals surface area contributed by atoms with Gasteiger partial charge < -0.3 is 35.2 Å². The second kappa shape index (κ2) is 13.8. The summed E-state index contributed by atoms with van der Waals surface area (Å²) in [6, 6.07) is 3.84. The molecule has 11 nitrogen and oxygen atoms in total. The van der Waals surface area contributed by atoms with Gasteiger partial charge in [-0.2, -0.15) is 0 Å². The lowest BCUT2D eigenvalue weighted by atomic mass is 10.1. The Bertz CT molecular complexity index is 965. The van der Waals surface area contributed by atoms with E-state index in [-0.39, 0.29) is 30.4 Å². The van der Waals surface area contributed by atoms with Gasteiger partial charge in [-0.25, -0.2) is 0 Å². The summed E-state index contributed by atoms with van der Waals surface area (Å²) in [5, 5.41) is 8.82. The van der Waals surface area contributed by atoms with E-state index in [0.717, 1.165) is 32.2 Å². The zero-order chi connectivity index (χ0) is 26.8. The van der Waals surface area contributed by atoms with Gasteiger partial charge in [-0.15, -0.1) is 0 Å². The fraction of sp³-hybridized carbons (Fsp3) is 0.615. The summed E-state index contributed by atoms with van der Waals surface area (Å²) in [7, 11) is 3.16. The van der Waals surface area contributed by atoms with Crippen LogP contribution in [0.5, 0.6) is 11.5 Å². The molecule has 3 N–H and O–H groups in total. The van der Waals surface area contributed by atoms with Crippen molar-refractivity contribution in [2.45, 2.75) is 51.1 Å². The highest BCUT2D eigenvalue weighted by Gasteiger charge is 2.27. The van der Waals surface area contributed by atoms with Crippen LogP contribution in [0.2, 0.25) is 0 Å². The molecule has 1 aromatic carbocycles. The minimum atomic E-state index is -0.713. The van der Waals surface area contributed by atoms with Crippen LogP contribution in [0.1, 0.15) is 49.4 Å². The first-order valence-corrected chi connectivity index (χ1v) is 13.0. The van der Waals surface area contributed by atoms with Gasteiger partial charge in [0.05, 0.1) is 13.2 Å². The van der Waals surface area contributed by atoms with E-state index in [1.807, 2.05) is 4.90 Å². The summed E-state index contributed by atoms with van der Waals surface area (Å²) < 4.78 is 10.9. The van der Waals surface area contributed by atoms with Crippen LogP contribution in [0.15, 0.2) is 18.2 Å². The fourth-order valence-electron chi connectivity index (χ4n) is 4.53. The molecule has 0 aromatic heterocycles. The van der Waals surface area contributed by atoms with Crippen molar-refractivity contribution in [1.82, 2.24) is 25.8 Å². The second-order valence-corrected chi connectivity index (χ2v) is 9.49. The molecule has 2 atom stereocenters. The van der Waals surface area contributed by atoms with Crippen LogP contribution in [-0.4, -0.2) is 99.0 Å². The number of carbonyl (C=O) groups excluding carboxylic acids is 4. The molecule has 0 saturated carbocycles. The average molecular weight is 518 g/mol. The molecule has 2 bridgehead atoms. The smallest absolute Gasteiger partial charge is 0.258 e. The Morgan fingerprint density at radius 1 is 1.05 bits per heavy atom. The van der Waals surface area contributed by atoms with Gasteiger partial charge in [0.15, 0.2) is 18.1 Å². The second-order valence-electron chi connectivity index (χ2n) is 9.49. The highest BCUT2D eigenvalue weighted by molar-refractivity contribution is 5.95. The van der Waals surface area contributed by atoms with E-state index in [2.05, 4.69) is 16.0 Å². The number of ether oxygens (including phenoxy) is 2. The first-order valence-electron chi connectivity index (χ1n) is 13.0. The lowest BCUT2D eigenvalue weighted by Crippen LogP contribution is -2.47. The van der Waals surface area contributed by atoms with Crippen LogP contribution in [0.3, 0.4) is 0 Å². The van der Waals surface area contributed by atoms with E-state index >= 15 is 0 Å². The van der Waals surface area contributed by atoms with Gasteiger partial charge in [-0.3, -0.25) is 19.2 Å². The van der Waals surface area contributed by atoms with Crippen molar-refractivity contribution in [1.29, 1.82) is 0 Å². The highest BCUT2D eigenvalue weighted by Crippen LogP contribution is 2.28. The van der Waals surface area contributed by atoms with Gasteiger partial charge in [0.2, 0.25) is 11.8 Å². The van der Waals surface area contributed by atoms with Crippen LogP contribution in [0, 0.1) is 0 Å². The number of nitrogens with zero attached hydrogens (tertiary/aromatic N) is 2. The number of nitrogens with one attached hydrogen (secondary N) is 3. The Labute approximate surface area is 218 Å². The van der Waals surface area contributed by atoms with E-state index in [1.165, 1.54) is 7.11 Å². The number of fused-ring (bicyclic) bond motifs is 18. The van der Waals surface area contributed by atoms with Crippen LogP contribution in [-0.2, 0) is 14.4 Å². The Hall–Kier alpha value is -3.34. The lowest BCUT2D eigenvalue weighted by Gasteiger charge is -2.27. The zero-order valence-electron chi connectivity index (χ0n) is 22.0. The van der Waals surface area contributed by atoms with Gasteiger partial charge in [-0.05, 0) is 63.8 Å². The van der Waals surface area contributed by atoms with Crippen molar-refractivity contribution in [2.75, 3.05) is 53.5 Å². The Balaban J connectivity index is 1.72. The summed E-state index contributed by atoms with van der Waals surface area (Å²) in [6.45, 7) is 4.21. The number of hydrogen-bond donors (Lipinski definition) is 3. The Kier molecular flexibility index (Phi) is 10.6. The van der Waals surface area contributed by atoms with E-state index < -0.39 is 11.9 Å². The maximum absolute atomic E-state index is 13.1. The summed E-state index contributed by atoms with van der Waals surface area (Å²) >= 11 is 0. The molecule has 204 valence electrons. The molecule has 4 rings (SSSR count). The molecule has 0 spiro atoms. The van der Waals surface area contributed by atoms with Crippen LogP contribution in [0.25, 0.3) is 0 Å². The molecule has 0 radical (unpaired) electrons. The van der Waals surface area contributed by atoms with E-state index in [4.69, 9.17) is 9.47 Å². The standard InChI is InChI=1S/C26H39N5O6/c1-18-25(34)30(2)13-4-5-14-31(26(35)20-8-6-11-27-20)15-7-12-28-24(33)19-9-10-21(22(16-19)36-3)37-17-23(32)29-18/h9-10,16,18,20,27H,4-8,11-15,17H2,1-3H3,(H,28,33)(H,29,32)/t18-,20+/m0/s1. The highest BCUT2D eigenvalue weighted by atomic mass is 16.5. The molecule has 3 heterocycles. The van der Waals surface area contributed by atoms with E-state index in [0.29, 0.717) is 49.7 Å². The SMILES string of the molecule is COc1cc2ccc1OCC(=O)N[C@@H](C)C(=O)N(C)CCCCN(C(=O)[C@H]1CCCN1)CCCNC2=O. The van der Waals surface area contributed by atoms with Gasteiger partial charge in [-0.1, -0.05) is 0 Å². The molecule has 1 aromatic rings. The lowest BCUT2D eigenvalue weighted by molar-refractivity contribution is -0.135. The predicted octanol–water partition coefficient (Wildman–Crippen LogP) is 0.531. The van der Waals surface area contributed by atoms with Crippen molar-refractivity contribution in [3.8, 4) is 11.5 Å². The predicted molar refractivity (Wildman–Crippen MR) is 138 cm³/mol. The van der Waals surface area contributed by atoms with Crippen molar-refractivity contribution in [3.63, 3.8) is 0 Å². The van der Waals surface area contributed by atoms with Crippen molar-refractivity contribution < 1.29 is 28.7 Å². The summed E-state index contributed by atoms with van der Waals surface area (Å²) in [5.41, 5.74) is 0.393. The molecule has 11 heteroatoms. The number of rotatable bonds is 2. The number of likely N-dealkylation sites (N-methyl/N-ethyl adjacent to an activating group) is 1. The quantitative estimate of drug-likeness (QED) is 0.488. The Morgan fingerprint density at radius 2 is 1.81 bits per heavy atom. The molecule has 4 amide bonds. The number of hydrogen-bond acceptors (Lipinski definition) is 7. The molecule has 37 heavy (non-hydrogen) atoms. The number of amides is 4. The maximum atomic E-state index is 13.1. The molecular formula is C26H39N5O6. The normalized spacial score (nSPS) is 23.1. The topological polar surface area (TPSA) is 129 Å². The number of benzene rings is 1. The van der Waals surface area contributed by atoms with Crippen molar-refractivity contribution in [3.05, 3.63) is 23.8 Å². The molecule has 1 fully saturated rings. The number of carbonyl (C=O) groups is 4. The molecule has 0 aliphatic carbocycles. The number of methoxy groups -OCH3 is 1. The van der Waals surface area contributed by atoms with Crippen LogP contribution < -0.4 is 25.4 Å². The zero-order valence-corrected chi connectivity index (χ0v) is 22.0. The fourth-order valence-corrected chi connectivity index (χ4v) is 4.53. The molecule has 1 saturated heterocycles. The van der Waals surface area contributed by atoms with E-state index in [1.54, 1.807) is 37.1 Å². The third-order valence-corrected chi connectivity index (χ3v) is 6.64. The first kappa shape index (κ1) is 28.2. The van der Waals surface area contributed by atoms with Gasteiger partial charge in [0.1, 0.15) is 6.04 Å². The first-order chi connectivity index (χ1) is 17.8. The summed E-state index contributed by atoms with van der Waals surface area (Å²) in [5.74, 6) is -0.197. The molecule has 3 aliphatic heterocycles. The van der Waals surface area contributed by atoms with Crippen molar-refractivity contribution >= 4 is 23.6 Å². The van der Waals surface area contributed by atoms with Gasteiger partial charge >= 0.3 is 0 Å². The van der Waals surface area contributed by atoms with Crippen LogP contribution in [0.4, 0.5) is 0 Å². The summed E-state index contributed by atoms with van der Waals surface area (Å²) in [6.07, 6.45) is 3.89. The summed E-state index contributed by atoms with van der Waals surface area (Å²) in [4.78, 5) is 54.3. The van der Waals surface area contributed by atoms with E-state index in [9.17, 15) is 19.2 Å². The van der Waals surface area contributed by atoms with Crippen LogP contribution >= 0.6 is 0 Å². The Morgan fingerprint density at radius 3 is 2.54 bits per heavy atom. The molecule has 3 aliphatic rings. The molecule has 0 unspecified atom stereocenters. The third-order valence-electron chi connectivity index (χ3n) is 6.64. The minimum absolute atomic E-state index is 0.0864. The van der Waals surface area contributed by atoms with Gasteiger partial charge in [0.25, 0.3) is 11.8 Å². The third kappa shape index (κ3) is 8.08. The monoisotopic (exact) mass is 517 g/mol. The van der Waals surface area contributed by atoms with Crippen molar-refractivity contribution in [2.24, 2.45) is 0 Å². The minimum Gasteiger partial charge on any atom is -0.493 e.